The average molecular weight is 781 g/mol. The Morgan fingerprint density at radius 1 is 0.283 bits per heavy atom. The first-order chi connectivity index (χ1) is 29.5. The summed E-state index contributed by atoms with van der Waals surface area (Å²) in [6.07, 6.45) is 0. The van der Waals surface area contributed by atoms with E-state index in [-0.39, 0.29) is 36.3 Å². The van der Waals surface area contributed by atoms with Gasteiger partial charge in [-0.2, -0.15) is 0 Å². The van der Waals surface area contributed by atoms with E-state index in [0.29, 0.717) is 0 Å². The highest BCUT2D eigenvalue weighted by Gasteiger charge is 2.41. The van der Waals surface area contributed by atoms with E-state index in [1.54, 1.807) is 0 Å². The highest BCUT2D eigenvalue weighted by atomic mass is 15.3. The molecule has 0 fully saturated rings. The fourth-order valence-electron chi connectivity index (χ4n) is 9.65. The molecule has 0 N–H and O–H groups in total. The molecule has 0 spiro atoms. The molecule has 6 heteroatoms. The number of likely N-dealkylation sites (N-methyl/N-ethyl adjacent to an activating group) is 3. The van der Waals surface area contributed by atoms with E-state index in [1.807, 2.05) is 0 Å². The first-order valence-electron chi connectivity index (χ1n) is 20.9. The van der Waals surface area contributed by atoms with Crippen molar-refractivity contribution < 1.29 is 0 Å². The Morgan fingerprint density at radius 2 is 0.483 bits per heavy atom. The fraction of sp³-hybridized carbons (Fsp3) is 0.167. The van der Waals surface area contributed by atoms with Gasteiger partial charge in [0.15, 0.2) is 0 Å². The molecular weight excluding hydrogens is 733 g/mol. The Balaban J connectivity index is 1.16. The number of aliphatic imine (C=N–C) groups is 3. The largest absolute Gasteiger partial charge is 0.350 e. The number of hydrogen-bond acceptors (Lipinski definition) is 6. The Morgan fingerprint density at radius 3 is 0.700 bits per heavy atom. The molecule has 7 aromatic carbocycles. The molecule has 0 saturated carbocycles. The van der Waals surface area contributed by atoms with Gasteiger partial charge in [-0.3, -0.25) is 15.0 Å². The summed E-state index contributed by atoms with van der Waals surface area (Å²) in [7, 11) is 6.58. The zero-order valence-corrected chi connectivity index (χ0v) is 34.2. The number of benzene rings is 7. The summed E-state index contributed by atoms with van der Waals surface area (Å²) in [5.41, 5.74) is 10.4. The van der Waals surface area contributed by atoms with Crippen molar-refractivity contribution in [3.8, 4) is 0 Å². The van der Waals surface area contributed by atoms with Crippen LogP contribution in [0.2, 0.25) is 0 Å². The summed E-state index contributed by atoms with van der Waals surface area (Å²) in [6.45, 7) is 0. The van der Waals surface area contributed by atoms with Crippen LogP contribution in [0.4, 0.5) is 0 Å². The highest BCUT2D eigenvalue weighted by molar-refractivity contribution is 6.10. The van der Waals surface area contributed by atoms with E-state index in [1.165, 1.54) is 33.4 Å². The van der Waals surface area contributed by atoms with Gasteiger partial charge in [-0.15, -0.1) is 0 Å². The maximum atomic E-state index is 5.63. The second kappa shape index (κ2) is 16.0. The van der Waals surface area contributed by atoms with Gasteiger partial charge in [0.05, 0.1) is 18.1 Å². The number of hydrogen-bond donors (Lipinski definition) is 0. The molecule has 294 valence electrons. The lowest BCUT2D eigenvalue weighted by Gasteiger charge is -2.29. The van der Waals surface area contributed by atoms with Crippen LogP contribution in [0.15, 0.2) is 215 Å². The molecule has 6 atom stereocenters. The Kier molecular flexibility index (Phi) is 9.90. The van der Waals surface area contributed by atoms with Crippen molar-refractivity contribution in [3.63, 3.8) is 0 Å². The van der Waals surface area contributed by atoms with Crippen LogP contribution < -0.4 is 0 Å². The molecule has 0 aliphatic carbocycles. The van der Waals surface area contributed by atoms with Crippen LogP contribution in [0.5, 0.6) is 0 Å². The van der Waals surface area contributed by atoms with Crippen LogP contribution in [-0.4, -0.2) is 53.3 Å². The van der Waals surface area contributed by atoms with Crippen molar-refractivity contribution >= 4 is 17.5 Å². The molecule has 0 radical (unpaired) electrons. The molecule has 3 heterocycles. The van der Waals surface area contributed by atoms with Crippen molar-refractivity contribution in [1.82, 2.24) is 14.7 Å². The molecule has 0 unspecified atom stereocenters. The molecular formula is C54H48N6. The minimum Gasteiger partial charge on any atom is -0.350 e. The summed E-state index contributed by atoms with van der Waals surface area (Å²) < 4.78 is 0. The van der Waals surface area contributed by atoms with Crippen LogP contribution >= 0.6 is 0 Å². The molecule has 3 aliphatic rings. The predicted octanol–water partition coefficient (Wildman–Crippen LogP) is 11.2. The van der Waals surface area contributed by atoms with Gasteiger partial charge in [-0.25, -0.2) is 0 Å². The molecule has 10 rings (SSSR count). The zero-order chi connectivity index (χ0) is 40.6. The maximum Gasteiger partial charge on any atom is 0.131 e. The van der Waals surface area contributed by atoms with Crippen LogP contribution in [-0.2, 0) is 0 Å². The molecule has 3 aliphatic heterocycles. The summed E-state index contributed by atoms with van der Waals surface area (Å²) in [6, 6.07) is 71.2. The minimum absolute atomic E-state index is 0.0172. The van der Waals surface area contributed by atoms with Crippen LogP contribution in [0.1, 0.15) is 86.3 Å². The van der Waals surface area contributed by atoms with E-state index in [4.69, 9.17) is 15.0 Å². The SMILES string of the molecule is CN1C(c2cc(C3=N[C@@H](c4ccccc4)[C@H](c4ccccc4)N3C)cc(C3=N[C@@H](c4ccccc4)[C@H](c4ccccc4)N3C)c2)=N[C@@H](c2ccccc2)[C@@H]1c1ccccc1. The zero-order valence-electron chi connectivity index (χ0n) is 34.2. The standard InChI is InChI=1S/C54H48N6/c1-58-49(40-28-16-7-17-29-40)46(37-22-10-4-11-23-37)55-52(58)43-34-44(53-56-47(38-24-12-5-13-25-38)50(59(53)2)41-30-18-8-19-31-41)36-45(35-43)54-57-48(39-26-14-6-15-27-39)51(60(54)3)42-32-20-9-21-33-42/h4-36,46-51H,1-3H3/t46-,47-,48-,49-,50-,51-/m0/s1. The van der Waals surface area contributed by atoms with E-state index < -0.39 is 0 Å². The smallest absolute Gasteiger partial charge is 0.131 e. The molecule has 7 aromatic rings. The van der Waals surface area contributed by atoms with Crippen LogP contribution in [0, 0.1) is 0 Å². The van der Waals surface area contributed by atoms with Gasteiger partial charge in [0.25, 0.3) is 0 Å². The lowest BCUT2D eigenvalue weighted by atomic mass is 9.93. The summed E-state index contributed by atoms with van der Waals surface area (Å²) in [5.74, 6) is 2.84. The minimum atomic E-state index is -0.0893. The Labute approximate surface area is 353 Å². The van der Waals surface area contributed by atoms with Crippen molar-refractivity contribution in [2.45, 2.75) is 36.3 Å². The van der Waals surface area contributed by atoms with Crippen LogP contribution in [0.25, 0.3) is 0 Å². The quantitative estimate of drug-likeness (QED) is 0.147. The Hall–Kier alpha value is -7.05. The summed E-state index contributed by atoms with van der Waals surface area (Å²) >= 11 is 0. The number of rotatable bonds is 9. The van der Waals surface area contributed by atoms with Gasteiger partial charge in [0, 0.05) is 37.8 Å². The van der Waals surface area contributed by atoms with Gasteiger partial charge in [0.2, 0.25) is 0 Å². The van der Waals surface area contributed by atoms with E-state index in [9.17, 15) is 0 Å². The first kappa shape index (κ1) is 37.2. The third-order valence-corrected chi connectivity index (χ3v) is 12.5. The molecule has 0 aromatic heterocycles. The molecule has 6 nitrogen and oxygen atoms in total. The monoisotopic (exact) mass is 780 g/mol. The normalized spacial score (nSPS) is 22.4. The lowest BCUT2D eigenvalue weighted by Crippen LogP contribution is -2.31. The average Bonchev–Trinajstić information content (AvgIpc) is 3.98. The van der Waals surface area contributed by atoms with Crippen molar-refractivity contribution in [1.29, 1.82) is 0 Å². The van der Waals surface area contributed by atoms with Gasteiger partial charge in [-0.1, -0.05) is 182 Å². The second-order valence-electron chi connectivity index (χ2n) is 16.1. The van der Waals surface area contributed by atoms with E-state index in [2.05, 4.69) is 236 Å². The van der Waals surface area contributed by atoms with Gasteiger partial charge in [0.1, 0.15) is 35.6 Å². The number of amidine groups is 3. The molecule has 0 amide bonds. The van der Waals surface area contributed by atoms with E-state index >= 15 is 0 Å². The third-order valence-electron chi connectivity index (χ3n) is 12.5. The van der Waals surface area contributed by atoms with Gasteiger partial charge in [-0.05, 0) is 51.6 Å². The van der Waals surface area contributed by atoms with Crippen molar-refractivity contribution in [2.75, 3.05) is 21.1 Å². The van der Waals surface area contributed by atoms with Crippen LogP contribution in [0.3, 0.4) is 0 Å². The molecule has 60 heavy (non-hydrogen) atoms. The Bertz CT molecular complexity index is 2360. The topological polar surface area (TPSA) is 46.8 Å². The maximum absolute atomic E-state index is 5.63. The second-order valence-corrected chi connectivity index (χ2v) is 16.1. The first-order valence-corrected chi connectivity index (χ1v) is 20.9. The van der Waals surface area contributed by atoms with Gasteiger partial charge < -0.3 is 14.7 Å². The van der Waals surface area contributed by atoms with Crippen molar-refractivity contribution in [2.24, 2.45) is 15.0 Å². The number of nitrogens with zero attached hydrogens (tertiary/aromatic N) is 6. The lowest BCUT2D eigenvalue weighted by molar-refractivity contribution is 0.363. The van der Waals surface area contributed by atoms with Gasteiger partial charge >= 0.3 is 0 Å². The highest BCUT2D eigenvalue weighted by Crippen LogP contribution is 2.46. The fourth-order valence-corrected chi connectivity index (χ4v) is 9.65. The van der Waals surface area contributed by atoms with E-state index in [0.717, 1.165) is 34.2 Å². The van der Waals surface area contributed by atoms with Crippen molar-refractivity contribution in [3.05, 3.63) is 250 Å². The summed E-state index contributed by atoms with van der Waals surface area (Å²) in [4.78, 5) is 24.0. The molecule has 0 bridgehead atoms. The predicted molar refractivity (Wildman–Crippen MR) is 244 cm³/mol. The summed E-state index contributed by atoms with van der Waals surface area (Å²) in [5, 5.41) is 0. The third kappa shape index (κ3) is 6.78. The molecule has 0 saturated heterocycles.